The molecular weight excluding hydrogens is 176 g/mol. The van der Waals surface area contributed by atoms with Gasteiger partial charge in [-0.1, -0.05) is 6.42 Å². The summed E-state index contributed by atoms with van der Waals surface area (Å²) in [6.07, 6.45) is 6.38. The monoisotopic (exact) mass is 200 g/mol. The molecule has 0 fully saturated rings. The first-order valence-corrected chi connectivity index (χ1v) is 5.58. The predicted molar refractivity (Wildman–Crippen MR) is 60.6 cm³/mol. The fraction of sp³-hybridized carbons (Fsp3) is 0.909. The van der Waals surface area contributed by atoms with E-state index in [2.05, 4.69) is 17.3 Å². The highest BCUT2D eigenvalue weighted by molar-refractivity contribution is 5.48. The first-order chi connectivity index (χ1) is 6.81. The van der Waals surface area contributed by atoms with Crippen molar-refractivity contribution in [1.82, 2.24) is 10.2 Å². The fourth-order valence-corrected chi connectivity index (χ4v) is 1.42. The Labute approximate surface area is 87.9 Å². The number of unbranched alkanes of at least 4 members (excludes halogenated alkanes) is 3. The van der Waals surface area contributed by atoms with Crippen molar-refractivity contribution >= 4 is 6.29 Å². The van der Waals surface area contributed by atoms with Gasteiger partial charge in [0, 0.05) is 6.42 Å². The Morgan fingerprint density at radius 3 is 2.50 bits per heavy atom. The zero-order valence-corrected chi connectivity index (χ0v) is 9.59. The minimum absolute atomic E-state index is 0.726. The van der Waals surface area contributed by atoms with Crippen LogP contribution in [-0.4, -0.2) is 44.9 Å². The van der Waals surface area contributed by atoms with E-state index < -0.39 is 0 Å². The van der Waals surface area contributed by atoms with E-state index in [-0.39, 0.29) is 0 Å². The molecule has 0 aromatic heterocycles. The van der Waals surface area contributed by atoms with E-state index in [0.29, 0.717) is 0 Å². The molecule has 84 valence electrons. The van der Waals surface area contributed by atoms with Crippen LogP contribution in [0.15, 0.2) is 0 Å². The van der Waals surface area contributed by atoms with Crippen molar-refractivity contribution in [1.29, 1.82) is 0 Å². The maximum atomic E-state index is 10.1. The molecule has 0 aromatic carbocycles. The van der Waals surface area contributed by atoms with E-state index in [4.69, 9.17) is 0 Å². The molecular formula is C11H24N2O. The molecule has 0 aromatic rings. The first-order valence-electron chi connectivity index (χ1n) is 5.58. The zero-order chi connectivity index (χ0) is 10.6. The highest BCUT2D eigenvalue weighted by Crippen LogP contribution is 1.99. The summed E-state index contributed by atoms with van der Waals surface area (Å²) >= 11 is 0. The number of hydrogen-bond acceptors (Lipinski definition) is 3. The van der Waals surface area contributed by atoms with Crippen molar-refractivity contribution in [2.75, 3.05) is 33.7 Å². The lowest BCUT2D eigenvalue weighted by Gasteiger charge is -2.15. The van der Waals surface area contributed by atoms with Gasteiger partial charge in [0.15, 0.2) is 0 Å². The van der Waals surface area contributed by atoms with Gasteiger partial charge in [0.1, 0.15) is 6.29 Å². The van der Waals surface area contributed by atoms with E-state index in [1.165, 1.54) is 19.3 Å². The number of nitrogens with zero attached hydrogens (tertiary/aromatic N) is 1. The van der Waals surface area contributed by atoms with Crippen LogP contribution < -0.4 is 5.32 Å². The minimum Gasteiger partial charge on any atom is -0.320 e. The normalized spacial score (nSPS) is 10.8. The largest absolute Gasteiger partial charge is 0.320 e. The highest BCUT2D eigenvalue weighted by atomic mass is 16.1. The standard InChI is InChI=1S/C11H24N2O/c1-12-8-7-10-13(2)9-5-3-4-6-11-14/h11-12H,3-10H2,1-2H3. The van der Waals surface area contributed by atoms with Gasteiger partial charge in [0.2, 0.25) is 0 Å². The van der Waals surface area contributed by atoms with Crippen molar-refractivity contribution in [3.63, 3.8) is 0 Å². The lowest BCUT2D eigenvalue weighted by Crippen LogP contribution is -2.23. The summed E-state index contributed by atoms with van der Waals surface area (Å²) in [5.41, 5.74) is 0. The number of aldehydes is 1. The van der Waals surface area contributed by atoms with Gasteiger partial charge in [0.25, 0.3) is 0 Å². The van der Waals surface area contributed by atoms with Crippen LogP contribution in [0.3, 0.4) is 0 Å². The van der Waals surface area contributed by atoms with E-state index in [9.17, 15) is 4.79 Å². The van der Waals surface area contributed by atoms with Crippen LogP contribution in [0.25, 0.3) is 0 Å². The molecule has 0 heterocycles. The van der Waals surface area contributed by atoms with Gasteiger partial charge >= 0.3 is 0 Å². The van der Waals surface area contributed by atoms with Crippen molar-refractivity contribution in [3.05, 3.63) is 0 Å². The van der Waals surface area contributed by atoms with Crippen molar-refractivity contribution in [3.8, 4) is 0 Å². The summed E-state index contributed by atoms with van der Waals surface area (Å²) in [4.78, 5) is 12.4. The van der Waals surface area contributed by atoms with Crippen LogP contribution >= 0.6 is 0 Å². The first kappa shape index (κ1) is 13.6. The van der Waals surface area contributed by atoms with Crippen molar-refractivity contribution in [2.24, 2.45) is 0 Å². The molecule has 1 N–H and O–H groups in total. The second kappa shape index (κ2) is 10.7. The summed E-state index contributed by atoms with van der Waals surface area (Å²) in [5.74, 6) is 0. The van der Waals surface area contributed by atoms with Gasteiger partial charge in [-0.2, -0.15) is 0 Å². The molecule has 0 saturated carbocycles. The molecule has 0 spiro atoms. The van der Waals surface area contributed by atoms with E-state index in [1.807, 2.05) is 7.05 Å². The predicted octanol–water partition coefficient (Wildman–Crippen LogP) is 1.29. The second-order valence-corrected chi connectivity index (χ2v) is 3.78. The summed E-state index contributed by atoms with van der Waals surface area (Å²) in [7, 11) is 4.15. The maximum Gasteiger partial charge on any atom is 0.119 e. The van der Waals surface area contributed by atoms with Crippen LogP contribution in [0.5, 0.6) is 0 Å². The Morgan fingerprint density at radius 1 is 1.14 bits per heavy atom. The lowest BCUT2D eigenvalue weighted by atomic mass is 10.2. The van der Waals surface area contributed by atoms with E-state index >= 15 is 0 Å². The third kappa shape index (κ3) is 9.68. The lowest BCUT2D eigenvalue weighted by molar-refractivity contribution is -0.107. The maximum absolute atomic E-state index is 10.1. The smallest absolute Gasteiger partial charge is 0.119 e. The molecule has 0 atom stereocenters. The molecule has 0 bridgehead atoms. The number of hydrogen-bond donors (Lipinski definition) is 1. The Hall–Kier alpha value is -0.410. The fourth-order valence-electron chi connectivity index (χ4n) is 1.42. The topological polar surface area (TPSA) is 32.3 Å². The van der Waals surface area contributed by atoms with Crippen LogP contribution in [0, 0.1) is 0 Å². The van der Waals surface area contributed by atoms with Crippen molar-refractivity contribution in [2.45, 2.75) is 32.1 Å². The van der Waals surface area contributed by atoms with Gasteiger partial charge in [-0.3, -0.25) is 0 Å². The Kier molecular flexibility index (Phi) is 10.4. The SMILES string of the molecule is CNCCCN(C)CCCCCC=O. The minimum atomic E-state index is 0.726. The van der Waals surface area contributed by atoms with E-state index in [0.717, 1.165) is 38.8 Å². The van der Waals surface area contributed by atoms with Gasteiger partial charge in [-0.05, 0) is 53.0 Å². The number of carbonyl (C=O) groups excluding carboxylic acids is 1. The highest BCUT2D eigenvalue weighted by Gasteiger charge is 1.97. The van der Waals surface area contributed by atoms with Gasteiger partial charge < -0.3 is 15.0 Å². The molecule has 0 aliphatic heterocycles. The molecule has 0 unspecified atom stereocenters. The molecule has 0 radical (unpaired) electrons. The van der Waals surface area contributed by atoms with E-state index in [1.54, 1.807) is 0 Å². The van der Waals surface area contributed by atoms with Crippen LogP contribution in [0.2, 0.25) is 0 Å². The third-order valence-corrected chi connectivity index (χ3v) is 2.33. The Morgan fingerprint density at radius 2 is 1.86 bits per heavy atom. The molecule has 0 aliphatic carbocycles. The molecule has 0 rings (SSSR count). The molecule has 0 amide bonds. The second-order valence-electron chi connectivity index (χ2n) is 3.78. The Bertz CT molecular complexity index is 128. The molecule has 0 aliphatic rings. The van der Waals surface area contributed by atoms with Gasteiger partial charge in [-0.25, -0.2) is 0 Å². The van der Waals surface area contributed by atoms with Gasteiger partial charge in [0.05, 0.1) is 0 Å². The summed E-state index contributed by atoms with van der Waals surface area (Å²) in [6.45, 7) is 3.41. The summed E-state index contributed by atoms with van der Waals surface area (Å²) in [5, 5.41) is 3.14. The quantitative estimate of drug-likeness (QED) is 0.426. The number of rotatable bonds is 10. The third-order valence-electron chi connectivity index (χ3n) is 2.33. The molecule has 14 heavy (non-hydrogen) atoms. The Balaban J connectivity index is 3.09. The molecule has 3 heteroatoms. The average molecular weight is 200 g/mol. The van der Waals surface area contributed by atoms with Crippen LogP contribution in [-0.2, 0) is 4.79 Å². The van der Waals surface area contributed by atoms with Crippen LogP contribution in [0.4, 0.5) is 0 Å². The number of nitrogens with one attached hydrogen (secondary N) is 1. The summed E-state index contributed by atoms with van der Waals surface area (Å²) < 4.78 is 0. The summed E-state index contributed by atoms with van der Waals surface area (Å²) in [6, 6.07) is 0. The number of carbonyl (C=O) groups is 1. The molecule has 3 nitrogen and oxygen atoms in total. The zero-order valence-electron chi connectivity index (χ0n) is 9.59. The van der Waals surface area contributed by atoms with Crippen LogP contribution in [0.1, 0.15) is 32.1 Å². The average Bonchev–Trinajstić information content (AvgIpc) is 2.18. The van der Waals surface area contributed by atoms with Gasteiger partial charge in [-0.15, -0.1) is 0 Å². The van der Waals surface area contributed by atoms with Crippen molar-refractivity contribution < 1.29 is 4.79 Å². The molecule has 0 saturated heterocycles.